The third-order valence-electron chi connectivity index (χ3n) is 2.91. The molecule has 1 heterocycles. The predicted octanol–water partition coefficient (Wildman–Crippen LogP) is 0.334. The molecule has 1 aromatic heterocycles. The fourth-order valence-electron chi connectivity index (χ4n) is 1.87. The van der Waals surface area contributed by atoms with Crippen molar-refractivity contribution in [3.63, 3.8) is 0 Å². The predicted molar refractivity (Wildman–Crippen MR) is 77.9 cm³/mol. The molecule has 0 radical (unpaired) electrons. The van der Waals surface area contributed by atoms with E-state index in [2.05, 4.69) is 15.6 Å². The molecule has 1 aromatic carbocycles. The molecule has 0 saturated carbocycles. The second-order valence-corrected chi connectivity index (χ2v) is 4.47. The van der Waals surface area contributed by atoms with Gasteiger partial charge in [0.25, 0.3) is 5.56 Å². The third kappa shape index (κ3) is 4.09. The standard InChI is InChI=1S/C14H18N4O3/c1-2-21-9-5-8-15-13(19)10-18-14(20)11-6-3-4-7-12(11)16-17-18/h3-4,6-7H,2,5,8-10H2,1H3,(H,15,19). The highest BCUT2D eigenvalue weighted by Crippen LogP contribution is 2.02. The van der Waals surface area contributed by atoms with E-state index in [1.165, 1.54) is 0 Å². The van der Waals surface area contributed by atoms with Crippen LogP contribution in [0.25, 0.3) is 10.9 Å². The molecule has 7 nitrogen and oxygen atoms in total. The molecule has 1 N–H and O–H groups in total. The second-order valence-electron chi connectivity index (χ2n) is 4.47. The van der Waals surface area contributed by atoms with Gasteiger partial charge in [-0.25, -0.2) is 4.68 Å². The Hall–Kier alpha value is -2.28. The Morgan fingerprint density at radius 1 is 1.38 bits per heavy atom. The van der Waals surface area contributed by atoms with E-state index in [1.54, 1.807) is 24.3 Å². The van der Waals surface area contributed by atoms with E-state index in [9.17, 15) is 9.59 Å². The zero-order chi connectivity index (χ0) is 15.1. The number of hydrogen-bond acceptors (Lipinski definition) is 5. The molecule has 21 heavy (non-hydrogen) atoms. The van der Waals surface area contributed by atoms with Gasteiger partial charge in [-0.2, -0.15) is 0 Å². The van der Waals surface area contributed by atoms with Crippen LogP contribution in [0.15, 0.2) is 29.1 Å². The number of hydrogen-bond donors (Lipinski definition) is 1. The maximum Gasteiger partial charge on any atom is 0.278 e. The Morgan fingerprint density at radius 3 is 3.00 bits per heavy atom. The van der Waals surface area contributed by atoms with E-state index >= 15 is 0 Å². The molecule has 0 atom stereocenters. The molecular weight excluding hydrogens is 272 g/mol. The van der Waals surface area contributed by atoms with Gasteiger partial charge in [0.15, 0.2) is 0 Å². The van der Waals surface area contributed by atoms with Gasteiger partial charge >= 0.3 is 0 Å². The minimum atomic E-state index is -0.315. The largest absolute Gasteiger partial charge is 0.382 e. The van der Waals surface area contributed by atoms with Crippen LogP contribution in [0.3, 0.4) is 0 Å². The molecule has 0 unspecified atom stereocenters. The second kappa shape index (κ2) is 7.49. The zero-order valence-electron chi connectivity index (χ0n) is 11.9. The first kappa shape index (κ1) is 15.1. The summed E-state index contributed by atoms with van der Waals surface area (Å²) in [5.74, 6) is -0.266. The molecule has 112 valence electrons. The SMILES string of the molecule is CCOCCCNC(=O)Cn1nnc2ccccc2c1=O. The van der Waals surface area contributed by atoms with Crippen molar-refractivity contribution in [1.82, 2.24) is 20.3 Å². The van der Waals surface area contributed by atoms with Gasteiger partial charge in [0, 0.05) is 19.8 Å². The first-order valence-corrected chi connectivity index (χ1v) is 6.89. The molecule has 2 rings (SSSR count). The summed E-state index contributed by atoms with van der Waals surface area (Å²) < 4.78 is 6.24. The molecule has 0 aliphatic carbocycles. The van der Waals surface area contributed by atoms with Crippen LogP contribution in [-0.2, 0) is 16.1 Å². The summed E-state index contributed by atoms with van der Waals surface area (Å²) in [6, 6.07) is 6.92. The Balaban J connectivity index is 1.95. The van der Waals surface area contributed by atoms with E-state index in [1.807, 2.05) is 6.92 Å². The van der Waals surface area contributed by atoms with Gasteiger partial charge in [-0.05, 0) is 25.5 Å². The maximum atomic E-state index is 12.1. The quantitative estimate of drug-likeness (QED) is 0.743. The normalized spacial score (nSPS) is 10.7. The number of rotatable bonds is 7. The van der Waals surface area contributed by atoms with Gasteiger partial charge in [0.2, 0.25) is 5.91 Å². The van der Waals surface area contributed by atoms with Crippen molar-refractivity contribution < 1.29 is 9.53 Å². The third-order valence-corrected chi connectivity index (χ3v) is 2.91. The number of ether oxygens (including phenoxy) is 1. The Kier molecular flexibility index (Phi) is 5.39. The maximum absolute atomic E-state index is 12.1. The molecular formula is C14H18N4O3. The van der Waals surface area contributed by atoms with Crippen molar-refractivity contribution in [3.8, 4) is 0 Å². The summed E-state index contributed by atoms with van der Waals surface area (Å²) in [4.78, 5) is 23.9. The fourth-order valence-corrected chi connectivity index (χ4v) is 1.87. The summed E-state index contributed by atoms with van der Waals surface area (Å²) in [6.07, 6.45) is 0.734. The average molecular weight is 290 g/mol. The number of amides is 1. The van der Waals surface area contributed by atoms with Crippen molar-refractivity contribution in [2.24, 2.45) is 0 Å². The van der Waals surface area contributed by atoms with Crippen LogP contribution < -0.4 is 10.9 Å². The fraction of sp³-hybridized carbons (Fsp3) is 0.429. The number of carbonyl (C=O) groups is 1. The number of aromatic nitrogens is 3. The molecule has 1 amide bonds. The lowest BCUT2D eigenvalue weighted by atomic mass is 10.2. The van der Waals surface area contributed by atoms with Crippen molar-refractivity contribution in [1.29, 1.82) is 0 Å². The van der Waals surface area contributed by atoms with Gasteiger partial charge in [0.1, 0.15) is 12.1 Å². The highest BCUT2D eigenvalue weighted by atomic mass is 16.5. The highest BCUT2D eigenvalue weighted by Gasteiger charge is 2.08. The lowest BCUT2D eigenvalue weighted by Crippen LogP contribution is -2.34. The molecule has 0 aliphatic heterocycles. The lowest BCUT2D eigenvalue weighted by Gasteiger charge is -2.06. The summed E-state index contributed by atoms with van der Waals surface area (Å²) in [5, 5.41) is 10.9. The lowest BCUT2D eigenvalue weighted by molar-refractivity contribution is -0.122. The minimum absolute atomic E-state index is 0.134. The van der Waals surface area contributed by atoms with E-state index in [0.29, 0.717) is 30.7 Å². The van der Waals surface area contributed by atoms with E-state index < -0.39 is 0 Å². The Bertz CT molecular complexity index is 669. The molecule has 7 heteroatoms. The minimum Gasteiger partial charge on any atom is -0.382 e. The van der Waals surface area contributed by atoms with Crippen LogP contribution in [0.4, 0.5) is 0 Å². The molecule has 0 spiro atoms. The van der Waals surface area contributed by atoms with Crippen molar-refractivity contribution >= 4 is 16.8 Å². The molecule has 0 aliphatic rings. The highest BCUT2D eigenvalue weighted by molar-refractivity contribution is 5.78. The monoisotopic (exact) mass is 290 g/mol. The summed E-state index contributed by atoms with van der Waals surface area (Å²) in [7, 11) is 0. The topological polar surface area (TPSA) is 86.1 Å². The summed E-state index contributed by atoms with van der Waals surface area (Å²) in [6.45, 7) is 3.56. The number of carbonyl (C=O) groups excluding carboxylic acids is 1. The smallest absolute Gasteiger partial charge is 0.278 e. The van der Waals surface area contributed by atoms with E-state index in [4.69, 9.17) is 4.74 Å². The van der Waals surface area contributed by atoms with Crippen LogP contribution in [0, 0.1) is 0 Å². The summed E-state index contributed by atoms with van der Waals surface area (Å²) in [5.41, 5.74) is 0.209. The molecule has 2 aromatic rings. The van der Waals surface area contributed by atoms with Gasteiger partial charge in [-0.1, -0.05) is 17.3 Å². The average Bonchev–Trinajstić information content (AvgIpc) is 2.50. The van der Waals surface area contributed by atoms with Gasteiger partial charge < -0.3 is 10.1 Å². The van der Waals surface area contributed by atoms with Crippen LogP contribution >= 0.6 is 0 Å². The number of nitrogens with zero attached hydrogens (tertiary/aromatic N) is 3. The summed E-state index contributed by atoms with van der Waals surface area (Å²) >= 11 is 0. The zero-order valence-corrected chi connectivity index (χ0v) is 11.9. The van der Waals surface area contributed by atoms with Gasteiger partial charge in [-0.3, -0.25) is 9.59 Å². The first-order valence-electron chi connectivity index (χ1n) is 6.89. The van der Waals surface area contributed by atoms with Gasteiger partial charge in [0.05, 0.1) is 5.39 Å². The van der Waals surface area contributed by atoms with Crippen LogP contribution in [0.1, 0.15) is 13.3 Å². The van der Waals surface area contributed by atoms with E-state index in [-0.39, 0.29) is 18.0 Å². The van der Waals surface area contributed by atoms with Crippen LogP contribution in [-0.4, -0.2) is 40.7 Å². The van der Waals surface area contributed by atoms with Crippen LogP contribution in [0.5, 0.6) is 0 Å². The number of nitrogens with one attached hydrogen (secondary N) is 1. The van der Waals surface area contributed by atoms with Crippen LogP contribution in [0.2, 0.25) is 0 Å². The van der Waals surface area contributed by atoms with E-state index in [0.717, 1.165) is 11.1 Å². The van der Waals surface area contributed by atoms with Crippen molar-refractivity contribution in [2.45, 2.75) is 19.9 Å². The Morgan fingerprint density at radius 2 is 2.19 bits per heavy atom. The van der Waals surface area contributed by atoms with Crippen molar-refractivity contribution in [2.75, 3.05) is 19.8 Å². The first-order chi connectivity index (χ1) is 10.2. The molecule has 0 saturated heterocycles. The molecule has 0 fully saturated rings. The Labute approximate surface area is 121 Å². The number of benzene rings is 1. The molecule has 0 bridgehead atoms. The van der Waals surface area contributed by atoms with Gasteiger partial charge in [-0.15, -0.1) is 5.10 Å². The van der Waals surface area contributed by atoms with Crippen molar-refractivity contribution in [3.05, 3.63) is 34.6 Å². The number of fused-ring (bicyclic) bond motifs is 1.